The maximum atomic E-state index is 14.3. The molecule has 0 radical (unpaired) electrons. The second kappa shape index (κ2) is 25.1. The summed E-state index contributed by atoms with van der Waals surface area (Å²) in [4.78, 5) is 131. The first kappa shape index (κ1) is 56.2. The summed E-state index contributed by atoms with van der Waals surface area (Å²) in [5.74, 6) is -9.83. The number of carboxylic acids is 2. The molecule has 0 aliphatic carbocycles. The first-order chi connectivity index (χ1) is 31.0. The number of imidazole rings is 1. The third-order valence-corrected chi connectivity index (χ3v) is 10.1. The van der Waals surface area contributed by atoms with Gasteiger partial charge in [0.2, 0.25) is 41.3 Å². The van der Waals surface area contributed by atoms with Crippen LogP contribution in [0, 0.1) is 35.3 Å². The standard InChI is InChI=1S/C42H58F3N9O13/c1-22(2)16-28(37(62)47-26(21-55)19-42(43,44)45)51-40(65)35(41(5,6)7)52-39(64)29(17-25-11-9-8-10-23(25)3)50-36(61)27(12-13-33(57)58)49-38(63)30(18-34(59)60)48-32(56)14-15-53-20-31(54(66)67)46-24(53)4/h8-11,20-22,26-30,35H,12-19H2,1-7H3,(H,47,62)(H,48,56)(H,49,63)(H,50,61)(H,51,65)(H,52,64)(H,57,58)(H,59,60)/t26?,27-,28-,29-,30-,35+/m0/s1. The highest BCUT2D eigenvalue weighted by Crippen LogP contribution is 2.23. The van der Waals surface area contributed by atoms with E-state index in [1.165, 1.54) is 11.5 Å². The maximum absolute atomic E-state index is 14.3. The van der Waals surface area contributed by atoms with Crippen molar-refractivity contribution in [1.29, 1.82) is 0 Å². The van der Waals surface area contributed by atoms with Gasteiger partial charge in [0.1, 0.15) is 42.7 Å². The van der Waals surface area contributed by atoms with Gasteiger partial charge in [-0.1, -0.05) is 58.9 Å². The molecule has 0 saturated heterocycles. The highest BCUT2D eigenvalue weighted by atomic mass is 19.4. The zero-order valence-electron chi connectivity index (χ0n) is 38.0. The number of hydrogen-bond acceptors (Lipinski definition) is 12. The largest absolute Gasteiger partial charge is 0.481 e. The molecule has 22 nitrogen and oxygen atoms in total. The number of halogens is 3. The molecule has 370 valence electrons. The first-order valence-corrected chi connectivity index (χ1v) is 21.0. The Bertz CT molecular complexity index is 2140. The molecule has 2 rings (SSSR count). The van der Waals surface area contributed by atoms with Gasteiger partial charge in [0.15, 0.2) is 0 Å². The fraction of sp³-hybridized carbons (Fsp3) is 0.571. The number of nitro groups is 1. The number of hydrogen-bond donors (Lipinski definition) is 8. The van der Waals surface area contributed by atoms with Gasteiger partial charge in [-0.3, -0.25) is 38.4 Å². The molecule has 8 N–H and O–H groups in total. The van der Waals surface area contributed by atoms with Crippen molar-refractivity contribution in [3.8, 4) is 0 Å². The lowest BCUT2D eigenvalue weighted by Crippen LogP contribution is -2.62. The molecule has 0 aliphatic heterocycles. The van der Waals surface area contributed by atoms with Gasteiger partial charge in [0, 0.05) is 32.7 Å². The summed E-state index contributed by atoms with van der Waals surface area (Å²) < 4.78 is 40.5. The molecule has 2 aromatic rings. The van der Waals surface area contributed by atoms with Crippen LogP contribution in [0.3, 0.4) is 0 Å². The number of benzene rings is 1. The Balaban J connectivity index is 2.45. The van der Waals surface area contributed by atoms with E-state index < -0.39 is 138 Å². The Kier molecular flexibility index (Phi) is 21.0. The van der Waals surface area contributed by atoms with Crippen molar-refractivity contribution in [3.05, 3.63) is 57.5 Å². The lowest BCUT2D eigenvalue weighted by molar-refractivity contribution is -0.389. The zero-order valence-corrected chi connectivity index (χ0v) is 38.0. The van der Waals surface area contributed by atoms with E-state index in [4.69, 9.17) is 0 Å². The van der Waals surface area contributed by atoms with E-state index in [1.54, 1.807) is 65.8 Å². The van der Waals surface area contributed by atoms with Crippen molar-refractivity contribution in [2.75, 3.05) is 0 Å². The number of aldehydes is 1. The van der Waals surface area contributed by atoms with Gasteiger partial charge >= 0.3 is 23.9 Å². The average molecular weight is 954 g/mol. The number of carbonyl (C=O) groups is 9. The number of carbonyl (C=O) groups excluding carboxylic acids is 7. The Morgan fingerprint density at radius 2 is 1.36 bits per heavy atom. The van der Waals surface area contributed by atoms with E-state index in [-0.39, 0.29) is 37.4 Å². The second-order valence-electron chi connectivity index (χ2n) is 17.3. The van der Waals surface area contributed by atoms with Gasteiger partial charge in [-0.15, -0.1) is 0 Å². The number of nitrogens with one attached hydrogen (secondary N) is 6. The van der Waals surface area contributed by atoms with Crippen LogP contribution in [0.25, 0.3) is 0 Å². The first-order valence-electron chi connectivity index (χ1n) is 21.0. The lowest BCUT2D eigenvalue weighted by atomic mass is 9.85. The number of amides is 6. The molecule has 0 spiro atoms. The molecule has 25 heteroatoms. The Morgan fingerprint density at radius 1 is 0.791 bits per heavy atom. The zero-order chi connectivity index (χ0) is 51.0. The fourth-order valence-corrected chi connectivity index (χ4v) is 6.57. The molecule has 1 aromatic carbocycles. The molecule has 1 unspecified atom stereocenters. The van der Waals surface area contributed by atoms with Crippen molar-refractivity contribution >= 4 is 59.5 Å². The van der Waals surface area contributed by atoms with Gasteiger partial charge in [-0.2, -0.15) is 13.2 Å². The minimum atomic E-state index is -4.80. The number of aliphatic carboxylic acids is 2. The van der Waals surface area contributed by atoms with Crippen molar-refractivity contribution in [1.82, 2.24) is 41.5 Å². The summed E-state index contributed by atoms with van der Waals surface area (Å²) in [6, 6.07) is -3.39. The average Bonchev–Trinajstić information content (AvgIpc) is 3.59. The van der Waals surface area contributed by atoms with Gasteiger partial charge in [0.05, 0.1) is 18.9 Å². The number of alkyl halides is 3. The predicted molar refractivity (Wildman–Crippen MR) is 229 cm³/mol. The number of aromatic nitrogens is 2. The quantitative estimate of drug-likeness (QED) is 0.0377. The Morgan fingerprint density at radius 3 is 1.88 bits per heavy atom. The highest BCUT2D eigenvalue weighted by molar-refractivity contribution is 5.97. The maximum Gasteiger partial charge on any atom is 0.391 e. The van der Waals surface area contributed by atoms with E-state index in [0.717, 1.165) is 6.20 Å². The third kappa shape index (κ3) is 19.6. The van der Waals surface area contributed by atoms with E-state index in [0.29, 0.717) is 11.1 Å². The van der Waals surface area contributed by atoms with Crippen molar-refractivity contribution in [3.63, 3.8) is 0 Å². The van der Waals surface area contributed by atoms with Crippen molar-refractivity contribution < 1.29 is 71.5 Å². The predicted octanol–water partition coefficient (Wildman–Crippen LogP) is 1.53. The Hall–Kier alpha value is -6.95. The van der Waals surface area contributed by atoms with Gasteiger partial charge < -0.3 is 61.6 Å². The number of nitrogens with zero attached hydrogens (tertiary/aromatic N) is 3. The molecule has 1 aromatic heterocycles. The molecule has 0 fully saturated rings. The van der Waals surface area contributed by atoms with E-state index in [2.05, 4.69) is 31.6 Å². The molecule has 0 aliphatic rings. The molecular formula is C42H58F3N9O13. The normalized spacial score (nSPS) is 14.3. The fourth-order valence-electron chi connectivity index (χ4n) is 6.57. The van der Waals surface area contributed by atoms with Crippen LogP contribution in [0.2, 0.25) is 0 Å². The Labute approximate surface area is 383 Å². The van der Waals surface area contributed by atoms with Crippen molar-refractivity contribution in [2.45, 2.75) is 142 Å². The molecule has 0 saturated carbocycles. The number of aryl methyl sites for hydroxylation is 3. The molecule has 6 atom stereocenters. The molecule has 6 amide bonds. The van der Waals surface area contributed by atoms with Gasteiger partial charge in [-0.05, 0) is 52.1 Å². The second-order valence-corrected chi connectivity index (χ2v) is 17.3. The minimum Gasteiger partial charge on any atom is -0.481 e. The summed E-state index contributed by atoms with van der Waals surface area (Å²) in [6.45, 7) is 11.0. The van der Waals surface area contributed by atoms with Crippen LogP contribution in [0.5, 0.6) is 0 Å². The molecule has 0 bridgehead atoms. The van der Waals surface area contributed by atoms with Crippen molar-refractivity contribution in [2.24, 2.45) is 11.3 Å². The molecular weight excluding hydrogens is 896 g/mol. The topological polar surface area (TPSA) is 327 Å². The number of carboxylic acid groups (broad SMARTS) is 2. The van der Waals surface area contributed by atoms with E-state index in [1.807, 2.05) is 5.32 Å². The van der Waals surface area contributed by atoms with Gasteiger partial charge in [0.25, 0.3) is 0 Å². The summed E-state index contributed by atoms with van der Waals surface area (Å²) in [7, 11) is 0. The van der Waals surface area contributed by atoms with Crippen LogP contribution in [0.4, 0.5) is 19.0 Å². The van der Waals surface area contributed by atoms with Crippen LogP contribution in [0.1, 0.15) is 90.1 Å². The van der Waals surface area contributed by atoms with Crippen LogP contribution in [-0.2, 0) is 56.1 Å². The number of rotatable bonds is 26. The third-order valence-electron chi connectivity index (χ3n) is 10.1. The van der Waals surface area contributed by atoms with E-state index >= 15 is 0 Å². The summed E-state index contributed by atoms with van der Waals surface area (Å²) >= 11 is 0. The van der Waals surface area contributed by atoms with Crippen LogP contribution >= 0.6 is 0 Å². The highest BCUT2D eigenvalue weighted by Gasteiger charge is 2.39. The SMILES string of the molecule is Cc1ccccc1C[C@H](NC(=O)[C@H](CCC(=O)O)NC(=O)[C@H](CC(=O)O)NC(=O)CCn1cc([N+](=O)[O-])nc1C)C(=O)N[C@H](C(=O)N[C@@H](CC(C)C)C(=O)NC(C=O)CC(F)(F)F)C(C)(C)C. The molecule has 1 heterocycles. The smallest absolute Gasteiger partial charge is 0.391 e. The van der Waals surface area contributed by atoms with E-state index in [9.17, 15) is 76.6 Å². The lowest BCUT2D eigenvalue weighted by Gasteiger charge is -2.34. The molecule has 67 heavy (non-hydrogen) atoms. The summed E-state index contributed by atoms with van der Waals surface area (Å²) in [5.41, 5.74) is 0.0350. The monoisotopic (exact) mass is 953 g/mol. The van der Waals surface area contributed by atoms with Crippen LogP contribution in [-0.4, -0.2) is 121 Å². The van der Waals surface area contributed by atoms with Crippen LogP contribution < -0.4 is 31.9 Å². The minimum absolute atomic E-state index is 0.0866. The van der Waals surface area contributed by atoms with Gasteiger partial charge in [-0.25, -0.2) is 0 Å². The van der Waals surface area contributed by atoms with Crippen LogP contribution in [0.15, 0.2) is 30.5 Å². The summed E-state index contributed by atoms with van der Waals surface area (Å²) in [5, 5.41) is 44.2. The summed E-state index contributed by atoms with van der Waals surface area (Å²) in [6.07, 6.45) is -8.54.